The van der Waals surface area contributed by atoms with E-state index in [9.17, 15) is 0 Å². The number of hydrogen-bond donors (Lipinski definition) is 1. The Labute approximate surface area is 190 Å². The molecular formula is C29H55N. The quantitative estimate of drug-likeness (QED) is 0.136. The highest BCUT2D eigenvalue weighted by Gasteiger charge is 2.07. The third-order valence-corrected chi connectivity index (χ3v) is 6.22. The molecule has 0 heterocycles. The van der Waals surface area contributed by atoms with E-state index >= 15 is 0 Å². The lowest BCUT2D eigenvalue weighted by Crippen LogP contribution is -2.16. The molecule has 1 nitrogen and oxygen atoms in total. The van der Waals surface area contributed by atoms with E-state index in [4.69, 9.17) is 0 Å². The second kappa shape index (κ2) is 22.7. The van der Waals surface area contributed by atoms with Crippen LogP contribution in [0.1, 0.15) is 137 Å². The number of allylic oxidation sites excluding steroid dienone is 5. The fourth-order valence-electron chi connectivity index (χ4n) is 4.24. The van der Waals surface area contributed by atoms with Gasteiger partial charge in [-0.3, -0.25) is 0 Å². The lowest BCUT2D eigenvalue weighted by molar-refractivity contribution is 0.527. The lowest BCUT2D eigenvalue weighted by atomic mass is 9.95. The Kier molecular flexibility index (Phi) is 22.0. The Hall–Kier alpha value is -0.980. The Morgan fingerprint density at radius 1 is 0.733 bits per heavy atom. The van der Waals surface area contributed by atoms with Gasteiger partial charge in [0.05, 0.1) is 0 Å². The number of nitrogens with one attached hydrogen (secondary N) is 1. The molecule has 0 aliphatic carbocycles. The number of hydrogen-bond acceptors (Lipinski definition) is 1. The van der Waals surface area contributed by atoms with Crippen molar-refractivity contribution < 1.29 is 0 Å². The summed E-state index contributed by atoms with van der Waals surface area (Å²) in [5.74, 6) is 0.539. The number of rotatable bonds is 22. The van der Waals surface area contributed by atoms with Gasteiger partial charge in [-0.2, -0.15) is 0 Å². The van der Waals surface area contributed by atoms with Crippen molar-refractivity contribution in [1.29, 1.82) is 0 Å². The Morgan fingerprint density at radius 3 is 1.57 bits per heavy atom. The Morgan fingerprint density at radius 2 is 1.17 bits per heavy atom. The maximum atomic E-state index is 4.22. The van der Waals surface area contributed by atoms with Crippen LogP contribution in [0.5, 0.6) is 0 Å². The first-order chi connectivity index (χ1) is 14.7. The molecule has 0 aliphatic heterocycles. The summed E-state index contributed by atoms with van der Waals surface area (Å²) in [5.41, 5.74) is 2.59. The highest BCUT2D eigenvalue weighted by atomic mass is 14.9. The fraction of sp³-hybridized carbons (Fsp3) is 0.793. The van der Waals surface area contributed by atoms with E-state index < -0.39 is 0 Å². The summed E-state index contributed by atoms with van der Waals surface area (Å²) in [5, 5.41) is 3.54. The standard InChI is InChI=1S/C29H55N/c1-6-9-10-11-12-13-14-15-16-17-18-19-20-21-22-23-25-30-28(5)26-27(4)29(8-3)24-7-2/h7-8,24,27,30H,5-6,9-23,25-26H2,1-4H3/b24-7-,29-8+. The van der Waals surface area contributed by atoms with E-state index in [-0.39, 0.29) is 0 Å². The first-order valence-corrected chi connectivity index (χ1v) is 13.4. The van der Waals surface area contributed by atoms with Crippen LogP contribution in [0.15, 0.2) is 36.1 Å². The predicted octanol–water partition coefficient (Wildman–Crippen LogP) is 9.90. The molecule has 1 unspecified atom stereocenters. The highest BCUT2D eigenvalue weighted by molar-refractivity contribution is 5.21. The second-order valence-corrected chi connectivity index (χ2v) is 9.23. The number of unbranched alkanes of at least 4 members (excludes halogenated alkanes) is 15. The van der Waals surface area contributed by atoms with Gasteiger partial charge in [0.25, 0.3) is 0 Å². The fourth-order valence-corrected chi connectivity index (χ4v) is 4.24. The van der Waals surface area contributed by atoms with Gasteiger partial charge in [0, 0.05) is 12.2 Å². The molecule has 0 spiro atoms. The molecule has 0 saturated heterocycles. The average molecular weight is 418 g/mol. The monoisotopic (exact) mass is 417 g/mol. The van der Waals surface area contributed by atoms with Crippen LogP contribution in [-0.4, -0.2) is 6.54 Å². The molecule has 0 saturated carbocycles. The maximum Gasteiger partial charge on any atom is 0.0143 e. The minimum absolute atomic E-state index is 0.539. The lowest BCUT2D eigenvalue weighted by Gasteiger charge is -2.16. The average Bonchev–Trinajstić information content (AvgIpc) is 2.74. The van der Waals surface area contributed by atoms with Crippen molar-refractivity contribution in [3.8, 4) is 0 Å². The van der Waals surface area contributed by atoms with Gasteiger partial charge in [0.1, 0.15) is 0 Å². The van der Waals surface area contributed by atoms with Crippen molar-refractivity contribution >= 4 is 0 Å². The molecule has 1 heteroatoms. The molecule has 0 bridgehead atoms. The Bertz CT molecular complexity index is 432. The summed E-state index contributed by atoms with van der Waals surface area (Å²) in [4.78, 5) is 0. The molecule has 1 atom stereocenters. The van der Waals surface area contributed by atoms with E-state index in [1.807, 2.05) is 0 Å². The van der Waals surface area contributed by atoms with Crippen molar-refractivity contribution in [3.05, 3.63) is 36.1 Å². The molecule has 0 aromatic heterocycles. The zero-order valence-electron chi connectivity index (χ0n) is 21.2. The van der Waals surface area contributed by atoms with Crippen LogP contribution in [0, 0.1) is 5.92 Å². The highest BCUT2D eigenvalue weighted by Crippen LogP contribution is 2.19. The molecule has 0 aromatic rings. The van der Waals surface area contributed by atoms with Crippen molar-refractivity contribution in [2.45, 2.75) is 137 Å². The topological polar surface area (TPSA) is 12.0 Å². The van der Waals surface area contributed by atoms with Crippen LogP contribution in [0.2, 0.25) is 0 Å². The van der Waals surface area contributed by atoms with E-state index in [0.717, 1.165) is 13.0 Å². The van der Waals surface area contributed by atoms with Gasteiger partial charge in [0.2, 0.25) is 0 Å². The zero-order valence-corrected chi connectivity index (χ0v) is 21.2. The van der Waals surface area contributed by atoms with Gasteiger partial charge in [-0.1, -0.05) is 135 Å². The van der Waals surface area contributed by atoms with E-state index in [1.54, 1.807) is 0 Å². The van der Waals surface area contributed by atoms with Crippen LogP contribution in [0.4, 0.5) is 0 Å². The van der Waals surface area contributed by atoms with Gasteiger partial charge >= 0.3 is 0 Å². The largest absolute Gasteiger partial charge is 0.389 e. The summed E-state index contributed by atoms with van der Waals surface area (Å²) in [6, 6.07) is 0. The predicted molar refractivity (Wildman–Crippen MR) is 139 cm³/mol. The maximum absolute atomic E-state index is 4.22. The SMILES string of the molecule is C=C(CC(C)C(/C=C\C)=C/C)NCCCCCCCCCCCCCCCCCC. The molecule has 176 valence electrons. The minimum Gasteiger partial charge on any atom is -0.389 e. The van der Waals surface area contributed by atoms with Crippen LogP contribution in [0.3, 0.4) is 0 Å². The third kappa shape index (κ3) is 19.0. The molecule has 0 radical (unpaired) electrons. The van der Waals surface area contributed by atoms with Gasteiger partial charge < -0.3 is 5.32 Å². The van der Waals surface area contributed by atoms with Crippen LogP contribution in [0.25, 0.3) is 0 Å². The molecule has 30 heavy (non-hydrogen) atoms. The summed E-state index contributed by atoms with van der Waals surface area (Å²) < 4.78 is 0. The summed E-state index contributed by atoms with van der Waals surface area (Å²) in [6.07, 6.45) is 30.4. The van der Waals surface area contributed by atoms with Gasteiger partial charge in [0.15, 0.2) is 0 Å². The molecule has 0 fully saturated rings. The summed E-state index contributed by atoms with van der Waals surface area (Å²) in [6.45, 7) is 14.1. The van der Waals surface area contributed by atoms with Crippen LogP contribution < -0.4 is 5.32 Å². The smallest absolute Gasteiger partial charge is 0.0143 e. The van der Waals surface area contributed by atoms with Crippen molar-refractivity contribution in [1.82, 2.24) is 5.32 Å². The van der Waals surface area contributed by atoms with E-state index in [2.05, 4.69) is 57.8 Å². The third-order valence-electron chi connectivity index (χ3n) is 6.22. The molecule has 0 aromatic carbocycles. The van der Waals surface area contributed by atoms with E-state index in [0.29, 0.717) is 5.92 Å². The first-order valence-electron chi connectivity index (χ1n) is 13.4. The molecule has 0 rings (SSSR count). The normalized spacial score (nSPS) is 13.1. The molecule has 0 amide bonds. The van der Waals surface area contributed by atoms with Gasteiger partial charge in [-0.25, -0.2) is 0 Å². The molecular weight excluding hydrogens is 362 g/mol. The molecule has 0 aliphatic rings. The van der Waals surface area contributed by atoms with Crippen molar-refractivity contribution in [2.75, 3.05) is 6.54 Å². The van der Waals surface area contributed by atoms with Crippen LogP contribution >= 0.6 is 0 Å². The minimum atomic E-state index is 0.539. The van der Waals surface area contributed by atoms with Crippen molar-refractivity contribution in [3.63, 3.8) is 0 Å². The van der Waals surface area contributed by atoms with Gasteiger partial charge in [-0.15, -0.1) is 0 Å². The second-order valence-electron chi connectivity index (χ2n) is 9.23. The van der Waals surface area contributed by atoms with Crippen LogP contribution in [-0.2, 0) is 0 Å². The summed E-state index contributed by atoms with van der Waals surface area (Å²) >= 11 is 0. The molecule has 1 N–H and O–H groups in total. The van der Waals surface area contributed by atoms with E-state index in [1.165, 1.54) is 114 Å². The van der Waals surface area contributed by atoms with Crippen molar-refractivity contribution in [2.24, 2.45) is 5.92 Å². The Balaban J connectivity index is 3.35. The first kappa shape index (κ1) is 29.0. The summed E-state index contributed by atoms with van der Waals surface area (Å²) in [7, 11) is 0. The zero-order chi connectivity index (χ0) is 22.3. The van der Waals surface area contributed by atoms with Gasteiger partial charge in [-0.05, 0) is 38.2 Å².